The van der Waals surface area contributed by atoms with Crippen molar-refractivity contribution in [2.24, 2.45) is 0 Å². The Morgan fingerprint density at radius 3 is 2.09 bits per heavy atom. The molecule has 0 N–H and O–H groups in total. The van der Waals surface area contributed by atoms with Crippen LogP contribution in [0.4, 0.5) is 0 Å². The van der Waals surface area contributed by atoms with Crippen molar-refractivity contribution < 1.29 is 4.74 Å². The summed E-state index contributed by atoms with van der Waals surface area (Å²) < 4.78 is 7.17. The first kappa shape index (κ1) is 19.7. The standard InChI is InChI=1S/C20H34OSe/c1-4-5-6-7-8-9-10-11-12-19(21-3)17-22-20-15-13-18(2)14-16-20/h13-16,19H,4-12,17H2,1-3H3. The Hall–Kier alpha value is -0.301. The van der Waals surface area contributed by atoms with Gasteiger partial charge in [0.05, 0.1) is 0 Å². The molecule has 0 amide bonds. The van der Waals surface area contributed by atoms with Crippen molar-refractivity contribution in [3.63, 3.8) is 0 Å². The van der Waals surface area contributed by atoms with E-state index in [1.807, 2.05) is 7.11 Å². The van der Waals surface area contributed by atoms with Crippen LogP contribution in [0.2, 0.25) is 5.32 Å². The molecule has 0 spiro atoms. The van der Waals surface area contributed by atoms with E-state index >= 15 is 0 Å². The topological polar surface area (TPSA) is 9.23 Å². The Labute approximate surface area is 144 Å². The first-order valence-corrected chi connectivity index (χ1v) is 11.0. The first-order valence-electron chi connectivity index (χ1n) is 8.98. The molecule has 126 valence electrons. The number of methoxy groups -OCH3 is 1. The number of rotatable bonds is 13. The molecule has 0 aliphatic heterocycles. The summed E-state index contributed by atoms with van der Waals surface area (Å²) in [6.07, 6.45) is 12.8. The number of hydrogen-bond donors (Lipinski definition) is 0. The Morgan fingerprint density at radius 2 is 1.50 bits per heavy atom. The molecule has 0 bridgehead atoms. The summed E-state index contributed by atoms with van der Waals surface area (Å²) >= 11 is 0.550. The third kappa shape index (κ3) is 9.66. The monoisotopic (exact) mass is 370 g/mol. The molecule has 0 aromatic heterocycles. The zero-order chi connectivity index (χ0) is 16.0. The van der Waals surface area contributed by atoms with Crippen molar-refractivity contribution in [3.8, 4) is 0 Å². The zero-order valence-corrected chi connectivity index (χ0v) is 16.5. The van der Waals surface area contributed by atoms with Crippen LogP contribution < -0.4 is 4.46 Å². The average molecular weight is 369 g/mol. The van der Waals surface area contributed by atoms with Gasteiger partial charge >= 0.3 is 144 Å². The normalized spacial score (nSPS) is 12.5. The van der Waals surface area contributed by atoms with Gasteiger partial charge in [-0.15, -0.1) is 0 Å². The second-order valence-electron chi connectivity index (χ2n) is 6.25. The van der Waals surface area contributed by atoms with Gasteiger partial charge in [0.2, 0.25) is 0 Å². The Kier molecular flexibility index (Phi) is 11.8. The van der Waals surface area contributed by atoms with Gasteiger partial charge in [0, 0.05) is 0 Å². The maximum absolute atomic E-state index is 5.67. The van der Waals surface area contributed by atoms with Gasteiger partial charge in [-0.05, 0) is 0 Å². The van der Waals surface area contributed by atoms with Gasteiger partial charge in [0.25, 0.3) is 0 Å². The molecule has 0 saturated heterocycles. The molecular weight excluding hydrogens is 335 g/mol. The van der Waals surface area contributed by atoms with Crippen LogP contribution in [0, 0.1) is 6.92 Å². The van der Waals surface area contributed by atoms with E-state index in [1.165, 1.54) is 73.1 Å². The molecule has 0 saturated carbocycles. The van der Waals surface area contributed by atoms with Gasteiger partial charge in [-0.2, -0.15) is 0 Å². The quantitative estimate of drug-likeness (QED) is 0.339. The van der Waals surface area contributed by atoms with E-state index in [9.17, 15) is 0 Å². The first-order chi connectivity index (χ1) is 10.8. The van der Waals surface area contributed by atoms with Crippen molar-refractivity contribution >= 4 is 19.4 Å². The van der Waals surface area contributed by atoms with Crippen LogP contribution >= 0.6 is 0 Å². The molecule has 0 heterocycles. The van der Waals surface area contributed by atoms with Gasteiger partial charge in [-0.1, -0.05) is 0 Å². The van der Waals surface area contributed by atoms with Crippen LogP contribution in [0.3, 0.4) is 0 Å². The van der Waals surface area contributed by atoms with E-state index in [1.54, 1.807) is 0 Å². The zero-order valence-electron chi connectivity index (χ0n) is 14.8. The number of hydrogen-bond acceptors (Lipinski definition) is 1. The van der Waals surface area contributed by atoms with Crippen LogP contribution in [-0.4, -0.2) is 28.2 Å². The van der Waals surface area contributed by atoms with Gasteiger partial charge in [-0.3, -0.25) is 0 Å². The summed E-state index contributed by atoms with van der Waals surface area (Å²) in [5.74, 6) is 0. The van der Waals surface area contributed by atoms with Crippen molar-refractivity contribution in [2.45, 2.75) is 83.1 Å². The van der Waals surface area contributed by atoms with Crippen molar-refractivity contribution in [1.82, 2.24) is 0 Å². The summed E-state index contributed by atoms with van der Waals surface area (Å²) in [6.45, 7) is 4.43. The van der Waals surface area contributed by atoms with Gasteiger partial charge < -0.3 is 0 Å². The van der Waals surface area contributed by atoms with Gasteiger partial charge in [0.15, 0.2) is 0 Å². The molecule has 1 aromatic rings. The number of aryl methyl sites for hydroxylation is 1. The predicted molar refractivity (Wildman–Crippen MR) is 99.4 cm³/mol. The molecule has 1 atom stereocenters. The van der Waals surface area contributed by atoms with Crippen LogP contribution in [-0.2, 0) is 4.74 Å². The summed E-state index contributed by atoms with van der Waals surface area (Å²) in [7, 11) is 1.88. The molecule has 1 rings (SSSR count). The number of benzene rings is 1. The number of unbranched alkanes of at least 4 members (excludes halogenated alkanes) is 7. The maximum atomic E-state index is 5.67. The molecular formula is C20H34OSe. The van der Waals surface area contributed by atoms with E-state index in [2.05, 4.69) is 38.1 Å². The van der Waals surface area contributed by atoms with E-state index in [4.69, 9.17) is 4.74 Å². The third-order valence-electron chi connectivity index (χ3n) is 4.17. The fraction of sp³-hybridized carbons (Fsp3) is 0.700. The van der Waals surface area contributed by atoms with E-state index in [0.717, 1.165) is 0 Å². The predicted octanol–water partition coefficient (Wildman–Crippen LogP) is 5.29. The Bertz CT molecular complexity index is 360. The molecule has 1 nitrogen and oxygen atoms in total. The van der Waals surface area contributed by atoms with Gasteiger partial charge in [0.1, 0.15) is 0 Å². The molecule has 2 heteroatoms. The summed E-state index contributed by atoms with van der Waals surface area (Å²) in [5.41, 5.74) is 1.35. The molecule has 1 unspecified atom stereocenters. The second-order valence-corrected chi connectivity index (χ2v) is 8.54. The van der Waals surface area contributed by atoms with Crippen molar-refractivity contribution in [3.05, 3.63) is 29.8 Å². The van der Waals surface area contributed by atoms with Crippen molar-refractivity contribution in [1.29, 1.82) is 0 Å². The molecule has 22 heavy (non-hydrogen) atoms. The molecule has 1 aromatic carbocycles. The molecule has 0 aliphatic carbocycles. The van der Waals surface area contributed by atoms with Crippen LogP contribution in [0.5, 0.6) is 0 Å². The Balaban J connectivity index is 2.05. The van der Waals surface area contributed by atoms with Crippen molar-refractivity contribution in [2.75, 3.05) is 7.11 Å². The fourth-order valence-electron chi connectivity index (χ4n) is 2.60. The van der Waals surface area contributed by atoms with Crippen LogP contribution in [0.25, 0.3) is 0 Å². The summed E-state index contributed by atoms with van der Waals surface area (Å²) in [4.78, 5) is 0. The Morgan fingerprint density at radius 1 is 0.909 bits per heavy atom. The molecule has 0 aliphatic rings. The molecule has 0 radical (unpaired) electrons. The molecule has 0 fully saturated rings. The summed E-state index contributed by atoms with van der Waals surface area (Å²) in [5, 5.41) is 1.21. The van der Waals surface area contributed by atoms with Crippen LogP contribution in [0.1, 0.15) is 70.3 Å². The van der Waals surface area contributed by atoms with E-state index < -0.39 is 0 Å². The third-order valence-corrected chi connectivity index (χ3v) is 6.57. The minimum absolute atomic E-state index is 0.460. The number of ether oxygens (including phenoxy) is 1. The second kappa shape index (κ2) is 13.2. The van der Waals surface area contributed by atoms with E-state index in [-0.39, 0.29) is 0 Å². The van der Waals surface area contributed by atoms with Gasteiger partial charge in [-0.25, -0.2) is 0 Å². The minimum atomic E-state index is 0.460. The summed E-state index contributed by atoms with van der Waals surface area (Å²) in [6, 6.07) is 8.99. The van der Waals surface area contributed by atoms with E-state index in [0.29, 0.717) is 21.1 Å². The van der Waals surface area contributed by atoms with Crippen LogP contribution in [0.15, 0.2) is 24.3 Å². The average Bonchev–Trinajstić information content (AvgIpc) is 2.54. The SMILES string of the molecule is CCCCCCCCCCC(C[Se]c1ccc(C)cc1)OC. The fourth-order valence-corrected chi connectivity index (χ4v) is 4.72.